The van der Waals surface area contributed by atoms with Crippen LogP contribution in [0.2, 0.25) is 0 Å². The van der Waals surface area contributed by atoms with Crippen LogP contribution in [0.5, 0.6) is 0 Å². The van der Waals surface area contributed by atoms with Gasteiger partial charge in [0.1, 0.15) is 19.7 Å². The number of hydrogen-bond donors (Lipinski definition) is 0. The van der Waals surface area contributed by atoms with Gasteiger partial charge < -0.3 is 0 Å². The molecule has 78 valence electrons. The average molecular weight is 208 g/mol. The molecule has 0 spiro atoms. The molecule has 1 rings (SSSR count). The minimum atomic E-state index is -1.08. The van der Waals surface area contributed by atoms with Crippen LogP contribution in [-0.4, -0.2) is 29.3 Å². The highest BCUT2D eigenvalue weighted by Crippen LogP contribution is 1.95. The Balaban J connectivity index is 0.000000364. The summed E-state index contributed by atoms with van der Waals surface area (Å²) < 4.78 is 31.9. The zero-order valence-electron chi connectivity index (χ0n) is 6.99. The van der Waals surface area contributed by atoms with E-state index in [4.69, 9.17) is 0 Å². The molecule has 0 aliphatic heterocycles. The summed E-state index contributed by atoms with van der Waals surface area (Å²) in [5.74, 6) is -1.08. The van der Waals surface area contributed by atoms with E-state index in [2.05, 4.69) is 14.9 Å². The lowest BCUT2D eigenvalue weighted by Gasteiger charge is -1.89. The maximum absolute atomic E-state index is 11.2. The fraction of sp³-hybridized carbons (Fsp3) is 0.286. The lowest BCUT2D eigenvalue weighted by molar-refractivity contribution is -0.0788. The van der Waals surface area contributed by atoms with Crippen LogP contribution < -0.4 is 0 Å². The van der Waals surface area contributed by atoms with Crippen LogP contribution in [0.4, 0.5) is 13.3 Å². The van der Waals surface area contributed by atoms with Gasteiger partial charge in [0.25, 0.3) is 0 Å². The molecule has 0 bridgehead atoms. The molecule has 7 heteroatoms. The first kappa shape index (κ1) is 12.3. The zero-order chi connectivity index (χ0) is 10.8. The second-order valence-corrected chi connectivity index (χ2v) is 1.87. The molecule has 0 unspecified atom stereocenters. The van der Waals surface area contributed by atoms with Crippen molar-refractivity contribution in [2.24, 2.45) is 0 Å². The van der Waals surface area contributed by atoms with Crippen LogP contribution in [0.15, 0.2) is 18.7 Å². The standard InChI is InChI=1S/C5H3FN2O2.C2H4F2/c6-10-5(9)4-1-7-3-8-2-4;3-1-2-4/h1-3H;1-2H2. The maximum atomic E-state index is 11.2. The third-order valence-corrected chi connectivity index (χ3v) is 0.938. The largest absolute Gasteiger partial charge is 0.382 e. The van der Waals surface area contributed by atoms with Gasteiger partial charge in [-0.1, -0.05) is 0 Å². The smallest absolute Gasteiger partial charge is 0.249 e. The summed E-state index contributed by atoms with van der Waals surface area (Å²) in [5.41, 5.74) is -0.00926. The topological polar surface area (TPSA) is 52.1 Å². The predicted octanol–water partition coefficient (Wildman–Crippen LogP) is 1.44. The second kappa shape index (κ2) is 7.96. The number of alkyl halides is 2. The zero-order valence-corrected chi connectivity index (χ0v) is 6.99. The van der Waals surface area contributed by atoms with Crippen molar-refractivity contribution in [2.75, 3.05) is 13.3 Å². The molecule has 0 radical (unpaired) electrons. The number of rotatable bonds is 2. The van der Waals surface area contributed by atoms with E-state index < -0.39 is 19.3 Å². The predicted molar refractivity (Wildman–Crippen MR) is 40.5 cm³/mol. The van der Waals surface area contributed by atoms with Gasteiger partial charge in [-0.25, -0.2) is 28.5 Å². The number of aromatic nitrogens is 2. The summed E-state index contributed by atoms with van der Waals surface area (Å²) in [6.45, 7) is -1.69. The Labute approximate surface area is 77.6 Å². The van der Waals surface area contributed by atoms with Crippen molar-refractivity contribution in [1.82, 2.24) is 9.97 Å². The van der Waals surface area contributed by atoms with Crippen molar-refractivity contribution in [3.8, 4) is 0 Å². The molecule has 4 nitrogen and oxygen atoms in total. The molecule has 0 saturated heterocycles. The monoisotopic (exact) mass is 208 g/mol. The minimum Gasteiger partial charge on any atom is -0.249 e. The molecule has 0 atom stereocenters. The third-order valence-electron chi connectivity index (χ3n) is 0.938. The fourth-order valence-corrected chi connectivity index (χ4v) is 0.449. The molecule has 1 aromatic rings. The summed E-state index contributed by atoms with van der Waals surface area (Å²) in [7, 11) is 0. The molecule has 0 saturated carbocycles. The molecule has 0 aromatic carbocycles. The number of nitrogens with zero attached hydrogens (tertiary/aromatic N) is 2. The first-order valence-corrected chi connectivity index (χ1v) is 3.46. The van der Waals surface area contributed by atoms with E-state index in [1.807, 2.05) is 0 Å². The number of halogens is 3. The van der Waals surface area contributed by atoms with E-state index >= 15 is 0 Å². The summed E-state index contributed by atoms with van der Waals surface area (Å²) in [6, 6.07) is 0. The van der Waals surface area contributed by atoms with Gasteiger partial charge in [0.15, 0.2) is 0 Å². The van der Waals surface area contributed by atoms with Crippen molar-refractivity contribution in [3.05, 3.63) is 24.3 Å². The third kappa shape index (κ3) is 5.07. The quantitative estimate of drug-likeness (QED) is 0.737. The Hall–Kier alpha value is -1.66. The van der Waals surface area contributed by atoms with E-state index in [0.717, 1.165) is 12.4 Å². The minimum absolute atomic E-state index is 0.00926. The van der Waals surface area contributed by atoms with E-state index in [1.54, 1.807) is 0 Å². The average Bonchev–Trinajstić information content (AvgIpc) is 2.29. The van der Waals surface area contributed by atoms with Gasteiger partial charge in [-0.3, -0.25) is 0 Å². The molecule has 0 fully saturated rings. The van der Waals surface area contributed by atoms with Gasteiger partial charge in [-0.2, -0.15) is 0 Å². The highest BCUT2D eigenvalue weighted by molar-refractivity contribution is 5.87. The number of hydrogen-bond acceptors (Lipinski definition) is 4. The first-order valence-electron chi connectivity index (χ1n) is 3.46. The van der Waals surface area contributed by atoms with Crippen molar-refractivity contribution in [1.29, 1.82) is 0 Å². The lowest BCUT2D eigenvalue weighted by Crippen LogP contribution is -1.99. The Morgan fingerprint density at radius 3 is 2.14 bits per heavy atom. The fourth-order valence-electron chi connectivity index (χ4n) is 0.449. The van der Waals surface area contributed by atoms with Gasteiger partial charge in [0.05, 0.1) is 5.56 Å². The normalized spacial score (nSPS) is 8.50. The van der Waals surface area contributed by atoms with E-state index in [1.165, 1.54) is 6.33 Å². The second-order valence-electron chi connectivity index (χ2n) is 1.87. The maximum Gasteiger partial charge on any atom is 0.382 e. The van der Waals surface area contributed by atoms with Crippen LogP contribution in [0, 0.1) is 0 Å². The SMILES string of the molecule is FCCF.O=C(OF)c1cncnc1. The Morgan fingerprint density at radius 2 is 1.79 bits per heavy atom. The van der Waals surface area contributed by atoms with Gasteiger partial charge >= 0.3 is 5.97 Å². The van der Waals surface area contributed by atoms with Gasteiger partial charge in [0.2, 0.25) is 0 Å². The first-order chi connectivity index (χ1) is 6.76. The van der Waals surface area contributed by atoms with Crippen LogP contribution >= 0.6 is 0 Å². The summed E-state index contributed by atoms with van der Waals surface area (Å²) in [4.78, 5) is 20.2. The van der Waals surface area contributed by atoms with Crippen LogP contribution in [-0.2, 0) is 4.94 Å². The molecule has 0 N–H and O–H groups in total. The highest BCUT2D eigenvalue weighted by atomic mass is 19.3. The van der Waals surface area contributed by atoms with Crippen LogP contribution in [0.1, 0.15) is 10.4 Å². The van der Waals surface area contributed by atoms with E-state index in [0.29, 0.717) is 0 Å². The molecule has 0 aliphatic carbocycles. The molecule has 1 aromatic heterocycles. The van der Waals surface area contributed by atoms with Gasteiger partial charge in [-0.05, 0) is 0 Å². The Kier molecular flexibility index (Phi) is 7.02. The van der Waals surface area contributed by atoms with E-state index in [9.17, 15) is 18.1 Å². The summed E-state index contributed by atoms with van der Waals surface area (Å²) in [5, 5.41) is 0. The Bertz CT molecular complexity index is 256. The summed E-state index contributed by atoms with van der Waals surface area (Å²) in [6.07, 6.45) is 3.55. The van der Waals surface area contributed by atoms with Crippen molar-refractivity contribution >= 4 is 5.97 Å². The molecule has 1 heterocycles. The van der Waals surface area contributed by atoms with Crippen LogP contribution in [0.25, 0.3) is 0 Å². The number of carbonyl (C=O) groups excluding carboxylic acids is 1. The van der Waals surface area contributed by atoms with E-state index in [-0.39, 0.29) is 5.56 Å². The highest BCUT2D eigenvalue weighted by Gasteiger charge is 2.06. The lowest BCUT2D eigenvalue weighted by atomic mass is 10.4. The van der Waals surface area contributed by atoms with Crippen molar-refractivity contribution < 1.29 is 23.0 Å². The van der Waals surface area contributed by atoms with Crippen molar-refractivity contribution in [2.45, 2.75) is 0 Å². The Morgan fingerprint density at radius 1 is 1.29 bits per heavy atom. The van der Waals surface area contributed by atoms with Crippen molar-refractivity contribution in [3.63, 3.8) is 0 Å². The molecule has 0 aliphatic rings. The molecule has 14 heavy (non-hydrogen) atoms. The molecular formula is C7H7F3N2O2. The van der Waals surface area contributed by atoms with Crippen LogP contribution in [0.3, 0.4) is 0 Å². The van der Waals surface area contributed by atoms with Gasteiger partial charge in [-0.15, -0.1) is 0 Å². The van der Waals surface area contributed by atoms with Gasteiger partial charge in [0, 0.05) is 16.9 Å². The molecular weight excluding hydrogens is 201 g/mol. The number of carbonyl (C=O) groups is 1. The molecule has 0 amide bonds. The summed E-state index contributed by atoms with van der Waals surface area (Å²) >= 11 is 0.